The quantitative estimate of drug-likeness (QED) is 0.749. The Labute approximate surface area is 173 Å². The highest BCUT2D eigenvalue weighted by Crippen LogP contribution is 2.37. The van der Waals surface area contributed by atoms with Crippen molar-refractivity contribution < 1.29 is 14.1 Å². The molecule has 2 aromatic rings. The van der Waals surface area contributed by atoms with Crippen LogP contribution in [-0.2, 0) is 4.79 Å². The fourth-order valence-corrected chi connectivity index (χ4v) is 4.30. The summed E-state index contributed by atoms with van der Waals surface area (Å²) >= 11 is 12.6. The number of carbonyl (C=O) groups is 2. The number of aromatic nitrogens is 1. The Morgan fingerprint density at radius 3 is 2.25 bits per heavy atom. The van der Waals surface area contributed by atoms with E-state index in [1.54, 1.807) is 30.0 Å². The number of piperazine rings is 1. The lowest BCUT2D eigenvalue weighted by Gasteiger charge is -2.38. The molecule has 8 heteroatoms. The Bertz CT molecular complexity index is 895. The minimum absolute atomic E-state index is 0.177. The standard InChI is InChI=1S/C20H21Cl2N3O3/c1-12-16(18(23-28-12)17-14(21)6-3-7-15(17)22)20(27)25-10-8-24(9-11-25)19(26)13-4-2-5-13/h3,6-7,13H,2,4-5,8-11H2,1H3. The van der Waals surface area contributed by atoms with E-state index in [-0.39, 0.29) is 17.7 Å². The lowest BCUT2D eigenvalue weighted by Crippen LogP contribution is -2.52. The monoisotopic (exact) mass is 421 g/mol. The summed E-state index contributed by atoms with van der Waals surface area (Å²) in [5, 5.41) is 4.87. The second-order valence-electron chi connectivity index (χ2n) is 7.30. The molecule has 0 bridgehead atoms. The first-order valence-corrected chi connectivity index (χ1v) is 10.2. The van der Waals surface area contributed by atoms with Crippen molar-refractivity contribution in [3.05, 3.63) is 39.6 Å². The molecular formula is C20H21Cl2N3O3. The van der Waals surface area contributed by atoms with Crippen LogP contribution in [0.3, 0.4) is 0 Å². The fraction of sp³-hybridized carbons (Fsp3) is 0.450. The van der Waals surface area contributed by atoms with Crippen molar-refractivity contribution in [2.24, 2.45) is 5.92 Å². The molecule has 6 nitrogen and oxygen atoms in total. The van der Waals surface area contributed by atoms with E-state index in [2.05, 4.69) is 5.16 Å². The highest BCUT2D eigenvalue weighted by atomic mass is 35.5. The molecule has 1 aliphatic carbocycles. The maximum atomic E-state index is 13.2. The van der Waals surface area contributed by atoms with Crippen LogP contribution in [0.5, 0.6) is 0 Å². The van der Waals surface area contributed by atoms with Crippen LogP contribution in [0.25, 0.3) is 11.3 Å². The Hall–Kier alpha value is -2.05. The summed E-state index contributed by atoms with van der Waals surface area (Å²) in [5.41, 5.74) is 1.21. The summed E-state index contributed by atoms with van der Waals surface area (Å²) in [5.74, 6) is 0.643. The second-order valence-corrected chi connectivity index (χ2v) is 8.12. The molecule has 2 fully saturated rings. The van der Waals surface area contributed by atoms with Crippen LogP contribution in [0, 0.1) is 12.8 Å². The second kappa shape index (κ2) is 7.76. The van der Waals surface area contributed by atoms with Gasteiger partial charge in [0.05, 0.1) is 10.0 Å². The van der Waals surface area contributed by atoms with Gasteiger partial charge in [0.1, 0.15) is 17.0 Å². The van der Waals surface area contributed by atoms with Crippen molar-refractivity contribution >= 4 is 35.0 Å². The van der Waals surface area contributed by atoms with Crippen molar-refractivity contribution in [2.45, 2.75) is 26.2 Å². The van der Waals surface area contributed by atoms with Gasteiger partial charge in [0.2, 0.25) is 5.91 Å². The van der Waals surface area contributed by atoms with Crippen molar-refractivity contribution in [3.8, 4) is 11.3 Å². The summed E-state index contributed by atoms with van der Waals surface area (Å²) in [7, 11) is 0. The van der Waals surface area contributed by atoms with Crippen LogP contribution >= 0.6 is 23.2 Å². The number of halogens is 2. The molecule has 1 saturated carbocycles. The summed E-state index contributed by atoms with van der Waals surface area (Å²) in [4.78, 5) is 29.2. The molecule has 0 spiro atoms. The Kier molecular flexibility index (Phi) is 5.34. The number of aryl methyl sites for hydroxylation is 1. The zero-order valence-electron chi connectivity index (χ0n) is 15.6. The van der Waals surface area contributed by atoms with Crippen molar-refractivity contribution in [1.82, 2.24) is 15.0 Å². The van der Waals surface area contributed by atoms with E-state index in [0.29, 0.717) is 58.8 Å². The molecule has 0 N–H and O–H groups in total. The van der Waals surface area contributed by atoms with Crippen molar-refractivity contribution in [3.63, 3.8) is 0 Å². The topological polar surface area (TPSA) is 66.7 Å². The van der Waals surface area contributed by atoms with E-state index in [1.165, 1.54) is 0 Å². The van der Waals surface area contributed by atoms with E-state index in [1.807, 2.05) is 4.90 Å². The van der Waals surface area contributed by atoms with Crippen LogP contribution in [-0.4, -0.2) is 52.9 Å². The molecule has 1 aliphatic heterocycles. The van der Waals surface area contributed by atoms with E-state index in [0.717, 1.165) is 19.3 Å². The third-order valence-corrected chi connectivity index (χ3v) is 6.24. The number of amides is 2. The summed E-state index contributed by atoms with van der Waals surface area (Å²) in [6.07, 6.45) is 3.11. The van der Waals surface area contributed by atoms with Crippen LogP contribution in [0.1, 0.15) is 35.4 Å². The minimum Gasteiger partial charge on any atom is -0.360 e. The van der Waals surface area contributed by atoms with Gasteiger partial charge in [-0.3, -0.25) is 9.59 Å². The Balaban J connectivity index is 1.53. The van der Waals surface area contributed by atoms with Gasteiger partial charge in [-0.25, -0.2) is 0 Å². The molecule has 2 heterocycles. The molecular weight excluding hydrogens is 401 g/mol. The smallest absolute Gasteiger partial charge is 0.259 e. The molecule has 1 saturated heterocycles. The van der Waals surface area contributed by atoms with E-state index >= 15 is 0 Å². The highest BCUT2D eigenvalue weighted by Gasteiger charge is 2.34. The minimum atomic E-state index is -0.180. The Morgan fingerprint density at radius 2 is 1.68 bits per heavy atom. The first kappa shape index (κ1) is 19.3. The van der Waals surface area contributed by atoms with Crippen molar-refractivity contribution in [1.29, 1.82) is 0 Å². The van der Waals surface area contributed by atoms with Gasteiger partial charge < -0.3 is 14.3 Å². The zero-order valence-corrected chi connectivity index (χ0v) is 17.1. The molecule has 2 amide bonds. The van der Waals surface area contributed by atoms with E-state index in [9.17, 15) is 9.59 Å². The van der Waals surface area contributed by atoms with Gasteiger partial charge >= 0.3 is 0 Å². The lowest BCUT2D eigenvalue weighted by atomic mass is 9.84. The molecule has 4 rings (SSSR count). The molecule has 28 heavy (non-hydrogen) atoms. The predicted molar refractivity (Wildman–Crippen MR) is 107 cm³/mol. The first-order valence-electron chi connectivity index (χ1n) is 9.46. The molecule has 1 aromatic carbocycles. The number of rotatable bonds is 3. The van der Waals surface area contributed by atoms with E-state index < -0.39 is 0 Å². The number of hydrogen-bond donors (Lipinski definition) is 0. The summed E-state index contributed by atoms with van der Waals surface area (Å²) < 4.78 is 5.31. The largest absolute Gasteiger partial charge is 0.360 e. The summed E-state index contributed by atoms with van der Waals surface area (Å²) in [6.45, 7) is 3.77. The number of benzene rings is 1. The molecule has 0 atom stereocenters. The van der Waals surface area contributed by atoms with Crippen LogP contribution in [0.4, 0.5) is 0 Å². The van der Waals surface area contributed by atoms with Gasteiger partial charge in [-0.05, 0) is 31.9 Å². The third kappa shape index (κ3) is 3.40. The summed E-state index contributed by atoms with van der Waals surface area (Å²) in [6, 6.07) is 5.14. The maximum Gasteiger partial charge on any atom is 0.259 e. The van der Waals surface area contributed by atoms with Gasteiger partial charge in [0, 0.05) is 37.7 Å². The van der Waals surface area contributed by atoms with Crippen LogP contribution in [0.15, 0.2) is 22.7 Å². The van der Waals surface area contributed by atoms with Gasteiger partial charge in [-0.15, -0.1) is 0 Å². The van der Waals surface area contributed by atoms with Crippen LogP contribution in [0.2, 0.25) is 10.0 Å². The SMILES string of the molecule is Cc1onc(-c2c(Cl)cccc2Cl)c1C(=O)N1CCN(C(=O)C2CCC2)CC1. The Morgan fingerprint density at radius 1 is 1.07 bits per heavy atom. The molecule has 148 valence electrons. The van der Waals surface area contributed by atoms with E-state index in [4.69, 9.17) is 27.7 Å². The molecule has 2 aliphatic rings. The molecule has 1 aromatic heterocycles. The average Bonchev–Trinajstić information content (AvgIpc) is 3.01. The van der Waals surface area contributed by atoms with Gasteiger partial charge in [0.25, 0.3) is 5.91 Å². The molecule has 0 radical (unpaired) electrons. The van der Waals surface area contributed by atoms with Gasteiger partial charge in [-0.1, -0.05) is 40.8 Å². The number of carbonyl (C=O) groups excluding carboxylic acids is 2. The average molecular weight is 422 g/mol. The van der Waals surface area contributed by atoms with Crippen LogP contribution < -0.4 is 0 Å². The molecule has 0 unspecified atom stereocenters. The highest BCUT2D eigenvalue weighted by molar-refractivity contribution is 6.39. The third-order valence-electron chi connectivity index (χ3n) is 5.61. The fourth-order valence-electron chi connectivity index (χ4n) is 3.72. The predicted octanol–water partition coefficient (Wildman–Crippen LogP) is 4.04. The number of nitrogens with zero attached hydrogens (tertiary/aromatic N) is 3. The maximum absolute atomic E-state index is 13.2. The number of hydrogen-bond acceptors (Lipinski definition) is 4. The van der Waals surface area contributed by atoms with Gasteiger partial charge in [-0.2, -0.15) is 0 Å². The zero-order chi connectivity index (χ0) is 19.8. The van der Waals surface area contributed by atoms with Gasteiger partial charge in [0.15, 0.2) is 0 Å². The normalized spacial score (nSPS) is 17.5. The van der Waals surface area contributed by atoms with Crippen molar-refractivity contribution in [2.75, 3.05) is 26.2 Å². The first-order chi connectivity index (χ1) is 13.5. The lowest BCUT2D eigenvalue weighted by molar-refractivity contribution is -0.139.